The molecule has 0 N–H and O–H groups in total. The van der Waals surface area contributed by atoms with Crippen molar-refractivity contribution in [3.63, 3.8) is 0 Å². The lowest BCUT2D eigenvalue weighted by Gasteiger charge is -2.04. The van der Waals surface area contributed by atoms with Gasteiger partial charge in [0, 0.05) is 12.3 Å². The number of hydrogen-bond donors (Lipinski definition) is 0. The molecule has 0 rings (SSSR count). The summed E-state index contributed by atoms with van der Waals surface area (Å²) in [6.07, 6.45) is 0. The second kappa shape index (κ2) is 1.60. The van der Waals surface area contributed by atoms with Crippen molar-refractivity contribution in [2.45, 2.75) is 19.4 Å². The summed E-state index contributed by atoms with van der Waals surface area (Å²) in [7, 11) is -4.61. The minimum atomic E-state index is -4.61. The molecule has 0 nitrogen and oxygen atoms in total. The largest absolute Gasteiger partial charge is 0.107 e. The van der Waals surface area contributed by atoms with Crippen LogP contribution in [0, 0.1) is 0 Å². The van der Waals surface area contributed by atoms with Crippen LogP contribution in [-0.4, -0.2) is 8.07 Å². The molecular weight excluding hydrogens is 88.1 g/mol. The van der Waals surface area contributed by atoms with E-state index in [0.29, 0.717) is 5.70 Å². The molecule has 0 atom stereocenters. The molecule has 0 aromatic rings. The van der Waals surface area contributed by atoms with E-state index in [1.807, 2.05) is 0 Å². The highest BCUT2D eigenvalue weighted by molar-refractivity contribution is 6.80. The zero-order chi connectivity index (χ0) is 12.7. The van der Waals surface area contributed by atoms with Gasteiger partial charge < -0.3 is 0 Å². The fourth-order valence-electron chi connectivity index (χ4n) is 0. The molecule has 0 unspecified atom stereocenters. The van der Waals surface area contributed by atoms with Crippen molar-refractivity contribution >= 4 is 8.07 Å². The summed E-state index contributed by atoms with van der Waals surface area (Å²) in [5, 5.41) is 0. The van der Waals surface area contributed by atoms with Gasteiger partial charge in [0.05, 0.1) is 8.07 Å². The van der Waals surface area contributed by atoms with Gasteiger partial charge in [-0.1, -0.05) is 19.4 Å². The van der Waals surface area contributed by atoms with Crippen LogP contribution >= 0.6 is 0 Å². The zero-order valence-electron chi connectivity index (χ0n) is 12.3. The van der Waals surface area contributed by atoms with Gasteiger partial charge in [-0.15, -0.1) is 12.3 Å². The van der Waals surface area contributed by atoms with Gasteiger partial charge in [-0.25, -0.2) is 0 Å². The molecule has 0 saturated heterocycles. The molecule has 0 radical (unpaired) electrons. The van der Waals surface area contributed by atoms with Crippen LogP contribution in [0.15, 0.2) is 12.3 Å². The summed E-state index contributed by atoms with van der Waals surface area (Å²) in [5.74, 6) is 0. The first-order valence-electron chi connectivity index (χ1n) is 5.95. The van der Waals surface area contributed by atoms with Gasteiger partial charge in [0.1, 0.15) is 0 Å². The third kappa shape index (κ3) is 3.96. The van der Waals surface area contributed by atoms with E-state index >= 15 is 0 Å². The predicted octanol–water partition coefficient (Wildman–Crippen LogP) is 2.05. The highest BCUT2D eigenvalue weighted by Gasteiger charge is 2.03. The molecule has 0 aliphatic carbocycles. The summed E-state index contributed by atoms with van der Waals surface area (Å²) >= 11 is 0. The Bertz CT molecular complexity index is 207. The third-order valence-electron chi connectivity index (χ3n) is 0.306. The molecule has 36 valence electrons. The molecule has 0 fully saturated rings. The quantitative estimate of drug-likeness (QED) is 0.452. The van der Waals surface area contributed by atoms with E-state index in [4.69, 9.17) is 12.3 Å². The molecule has 0 aromatic carbocycles. The van der Waals surface area contributed by atoms with Crippen molar-refractivity contribution in [2.75, 3.05) is 0 Å². The van der Waals surface area contributed by atoms with Crippen molar-refractivity contribution < 1.29 is 12.3 Å². The fraction of sp³-hybridized carbons (Fsp3) is 0.600. The SMILES string of the molecule is [2H]C([2H])([2H])[Si](C=C)(C([2H])([2H])[2H])C([2H])([2H])[2H]. The molecule has 0 spiro atoms. The van der Waals surface area contributed by atoms with Crippen molar-refractivity contribution in [1.29, 1.82) is 0 Å². The summed E-state index contributed by atoms with van der Waals surface area (Å²) in [6.45, 7) is -5.95. The Morgan fingerprint density at radius 1 is 1.67 bits per heavy atom. The number of rotatable bonds is 1. The lowest BCUT2D eigenvalue weighted by molar-refractivity contribution is 1.78. The fourth-order valence-corrected chi connectivity index (χ4v) is 0. The van der Waals surface area contributed by atoms with Gasteiger partial charge in [0.25, 0.3) is 0 Å². The van der Waals surface area contributed by atoms with Gasteiger partial charge in [-0.2, -0.15) is 0 Å². The van der Waals surface area contributed by atoms with E-state index in [0.717, 1.165) is 0 Å². The van der Waals surface area contributed by atoms with E-state index in [-0.39, 0.29) is 0 Å². The Labute approximate surface area is 53.5 Å². The van der Waals surface area contributed by atoms with Crippen LogP contribution < -0.4 is 0 Å². The van der Waals surface area contributed by atoms with Gasteiger partial charge in [0.15, 0.2) is 0 Å². The normalized spacial score (nSPS) is 39.7. The first kappa shape index (κ1) is 0.751. The van der Waals surface area contributed by atoms with Crippen LogP contribution in [0.5, 0.6) is 0 Å². The van der Waals surface area contributed by atoms with Crippen LogP contribution in [0.3, 0.4) is 0 Å². The Morgan fingerprint density at radius 3 is 2.17 bits per heavy atom. The van der Waals surface area contributed by atoms with Crippen LogP contribution in [0.1, 0.15) is 12.3 Å². The summed E-state index contributed by atoms with van der Waals surface area (Å²) in [6, 6.07) is 0. The first-order chi connectivity index (χ1) is 6.31. The van der Waals surface area contributed by atoms with Gasteiger partial charge in [0.2, 0.25) is 0 Å². The number of hydrogen-bond acceptors (Lipinski definition) is 0. The monoisotopic (exact) mass is 109 g/mol. The van der Waals surface area contributed by atoms with E-state index < -0.39 is 27.5 Å². The molecule has 0 saturated carbocycles. The van der Waals surface area contributed by atoms with Crippen molar-refractivity contribution in [3.05, 3.63) is 12.3 Å². The topological polar surface area (TPSA) is 0 Å². The van der Waals surface area contributed by atoms with Crippen LogP contribution in [-0.2, 0) is 0 Å². The smallest absolute Gasteiger partial charge is 0.0679 e. The average molecular weight is 109 g/mol. The van der Waals surface area contributed by atoms with E-state index in [1.165, 1.54) is 0 Å². The van der Waals surface area contributed by atoms with E-state index in [2.05, 4.69) is 6.58 Å². The highest BCUT2D eigenvalue weighted by atomic mass is 28.3. The van der Waals surface area contributed by atoms with Crippen molar-refractivity contribution in [2.24, 2.45) is 0 Å². The standard InChI is InChI=1S/C5H12Si/c1-5-6(2,3)4/h5H,1H2,2-4H3/i2D3,3D3,4D3. The van der Waals surface area contributed by atoms with E-state index in [9.17, 15) is 0 Å². The second-order valence-electron chi connectivity index (χ2n) is 1.01. The zero-order valence-corrected chi connectivity index (χ0v) is 4.28. The maximum atomic E-state index is 7.15. The second-order valence-corrected chi connectivity index (χ2v) is 3.04. The summed E-state index contributed by atoms with van der Waals surface area (Å²) in [4.78, 5) is 0. The molecule has 0 aromatic heterocycles. The van der Waals surface area contributed by atoms with Crippen molar-refractivity contribution in [3.8, 4) is 0 Å². The van der Waals surface area contributed by atoms with Gasteiger partial charge in [-0.05, 0) is 0 Å². The molecule has 0 bridgehead atoms. The highest BCUT2D eigenvalue weighted by Crippen LogP contribution is 1.98. The Kier molecular flexibility index (Phi) is 0.201. The van der Waals surface area contributed by atoms with Crippen LogP contribution in [0.2, 0.25) is 19.4 Å². The minimum absolute atomic E-state index is 0.639. The minimum Gasteiger partial charge on any atom is -0.107 e. The molecule has 0 amide bonds. The van der Waals surface area contributed by atoms with Gasteiger partial charge in [-0.3, -0.25) is 0 Å². The lowest BCUT2D eigenvalue weighted by atomic mass is 11.3. The Morgan fingerprint density at radius 2 is 2.17 bits per heavy atom. The predicted molar refractivity (Wildman–Crippen MR) is 33.5 cm³/mol. The maximum Gasteiger partial charge on any atom is 0.0679 e. The van der Waals surface area contributed by atoms with Crippen molar-refractivity contribution in [1.82, 2.24) is 0 Å². The molecule has 0 aliphatic rings. The molecule has 6 heavy (non-hydrogen) atoms. The average Bonchev–Trinajstić information content (AvgIpc) is 1.76. The summed E-state index contributed by atoms with van der Waals surface area (Å²) in [5.41, 5.74) is 0.639. The van der Waals surface area contributed by atoms with Gasteiger partial charge >= 0.3 is 0 Å². The third-order valence-corrected chi connectivity index (χ3v) is 0.919. The van der Waals surface area contributed by atoms with Crippen LogP contribution in [0.4, 0.5) is 0 Å². The molecule has 1 heteroatoms. The molecule has 0 heterocycles. The molecule has 0 aliphatic heterocycles. The molecular formula is C5H12Si. The Balaban J connectivity index is 5.89. The lowest BCUT2D eigenvalue weighted by Crippen LogP contribution is -2.14. The first-order valence-corrected chi connectivity index (χ1v) is 3.52. The maximum absolute atomic E-state index is 7.15. The Hall–Kier alpha value is -0.0431. The van der Waals surface area contributed by atoms with E-state index in [1.54, 1.807) is 0 Å². The summed E-state index contributed by atoms with van der Waals surface area (Å²) < 4.78 is 64.4. The van der Waals surface area contributed by atoms with Crippen LogP contribution in [0.25, 0.3) is 0 Å².